The van der Waals surface area contributed by atoms with Crippen molar-refractivity contribution in [2.45, 2.75) is 39.3 Å². The van der Waals surface area contributed by atoms with Gasteiger partial charge in [-0.3, -0.25) is 4.90 Å². The lowest BCUT2D eigenvalue weighted by Crippen LogP contribution is -2.42. The second-order valence-electron chi connectivity index (χ2n) is 7.73. The molecule has 6 nitrogen and oxygen atoms in total. The van der Waals surface area contributed by atoms with Crippen molar-refractivity contribution in [3.05, 3.63) is 35.4 Å². The van der Waals surface area contributed by atoms with Gasteiger partial charge in [-0.1, -0.05) is 30.7 Å². The smallest absolute Gasteiger partial charge is 0.191 e. The summed E-state index contributed by atoms with van der Waals surface area (Å²) in [4.78, 5) is 9.76. The third kappa shape index (κ3) is 7.41. The molecule has 28 heavy (non-hydrogen) atoms. The second kappa shape index (κ2) is 12.0. The molecule has 0 unspecified atom stereocenters. The van der Waals surface area contributed by atoms with Crippen molar-refractivity contribution in [1.82, 2.24) is 20.4 Å². The summed E-state index contributed by atoms with van der Waals surface area (Å²) in [6.07, 6.45) is 4.07. The Kier molecular flexibility index (Phi) is 9.07. The van der Waals surface area contributed by atoms with Gasteiger partial charge in [0.05, 0.1) is 19.8 Å². The molecule has 0 bridgehead atoms. The van der Waals surface area contributed by atoms with Crippen molar-refractivity contribution in [2.75, 3.05) is 59.0 Å². The molecule has 0 aromatic heterocycles. The Morgan fingerprint density at radius 2 is 1.64 bits per heavy atom. The Balaban J connectivity index is 1.43. The van der Waals surface area contributed by atoms with Crippen LogP contribution < -0.4 is 10.6 Å². The highest BCUT2D eigenvalue weighted by Gasteiger charge is 2.11. The number of likely N-dealkylation sites (tertiary alicyclic amines) is 1. The third-order valence-corrected chi connectivity index (χ3v) is 5.47. The molecule has 0 aliphatic carbocycles. The SMILES string of the molecule is CCNC(=NCc1ccc(CN2CCOCC2)cc1)NCCN1CCCCC1. The van der Waals surface area contributed by atoms with Gasteiger partial charge < -0.3 is 20.3 Å². The van der Waals surface area contributed by atoms with E-state index >= 15 is 0 Å². The van der Waals surface area contributed by atoms with E-state index in [0.717, 1.165) is 58.4 Å². The van der Waals surface area contributed by atoms with Gasteiger partial charge in [0.25, 0.3) is 0 Å². The molecule has 3 rings (SSSR count). The zero-order chi connectivity index (χ0) is 19.4. The summed E-state index contributed by atoms with van der Waals surface area (Å²) in [5, 5.41) is 6.84. The van der Waals surface area contributed by atoms with Crippen molar-refractivity contribution in [3.8, 4) is 0 Å². The van der Waals surface area contributed by atoms with E-state index < -0.39 is 0 Å². The largest absolute Gasteiger partial charge is 0.379 e. The fourth-order valence-electron chi connectivity index (χ4n) is 3.80. The first-order valence-electron chi connectivity index (χ1n) is 11.0. The van der Waals surface area contributed by atoms with Crippen LogP contribution in [-0.4, -0.2) is 74.8 Å². The topological polar surface area (TPSA) is 52.1 Å². The van der Waals surface area contributed by atoms with Crippen molar-refractivity contribution in [1.29, 1.82) is 0 Å². The lowest BCUT2D eigenvalue weighted by molar-refractivity contribution is 0.0342. The second-order valence-corrected chi connectivity index (χ2v) is 7.73. The number of morpholine rings is 1. The van der Waals surface area contributed by atoms with Crippen LogP contribution in [0.25, 0.3) is 0 Å². The lowest BCUT2D eigenvalue weighted by Gasteiger charge is -2.26. The Morgan fingerprint density at radius 1 is 0.929 bits per heavy atom. The number of hydrogen-bond acceptors (Lipinski definition) is 4. The van der Waals surface area contributed by atoms with Crippen LogP contribution in [-0.2, 0) is 17.8 Å². The number of aliphatic imine (C=N–C) groups is 1. The molecule has 2 saturated heterocycles. The molecule has 0 radical (unpaired) electrons. The molecular formula is C22H37N5O. The molecular weight excluding hydrogens is 350 g/mol. The molecule has 0 atom stereocenters. The molecule has 2 heterocycles. The number of benzene rings is 1. The number of guanidine groups is 1. The molecule has 2 N–H and O–H groups in total. The van der Waals surface area contributed by atoms with E-state index in [-0.39, 0.29) is 0 Å². The molecule has 0 saturated carbocycles. The van der Waals surface area contributed by atoms with Crippen LogP contribution in [0.2, 0.25) is 0 Å². The summed E-state index contributed by atoms with van der Waals surface area (Å²) in [6.45, 7) is 13.0. The minimum absolute atomic E-state index is 0.705. The van der Waals surface area contributed by atoms with E-state index in [2.05, 4.69) is 51.6 Å². The van der Waals surface area contributed by atoms with Gasteiger partial charge >= 0.3 is 0 Å². The highest BCUT2D eigenvalue weighted by molar-refractivity contribution is 5.79. The average Bonchev–Trinajstić information content (AvgIpc) is 2.74. The highest BCUT2D eigenvalue weighted by atomic mass is 16.5. The molecule has 1 aromatic rings. The molecule has 2 aliphatic rings. The van der Waals surface area contributed by atoms with Crippen molar-refractivity contribution < 1.29 is 4.74 Å². The fraction of sp³-hybridized carbons (Fsp3) is 0.682. The van der Waals surface area contributed by atoms with Crippen molar-refractivity contribution in [2.24, 2.45) is 4.99 Å². The number of nitrogens with one attached hydrogen (secondary N) is 2. The maximum atomic E-state index is 5.42. The molecule has 156 valence electrons. The van der Waals surface area contributed by atoms with Gasteiger partial charge in [0.2, 0.25) is 0 Å². The number of piperidine rings is 1. The quantitative estimate of drug-likeness (QED) is 0.528. The summed E-state index contributed by atoms with van der Waals surface area (Å²) in [6, 6.07) is 8.88. The van der Waals surface area contributed by atoms with E-state index in [0.29, 0.717) is 6.54 Å². The summed E-state index contributed by atoms with van der Waals surface area (Å²) >= 11 is 0. The van der Waals surface area contributed by atoms with Crippen LogP contribution in [0, 0.1) is 0 Å². The van der Waals surface area contributed by atoms with Gasteiger partial charge in [0, 0.05) is 39.3 Å². The van der Waals surface area contributed by atoms with Gasteiger partial charge in [-0.2, -0.15) is 0 Å². The molecule has 0 amide bonds. The number of nitrogens with zero attached hydrogens (tertiary/aromatic N) is 3. The van der Waals surface area contributed by atoms with Crippen LogP contribution in [0.1, 0.15) is 37.3 Å². The van der Waals surface area contributed by atoms with Crippen molar-refractivity contribution in [3.63, 3.8) is 0 Å². The molecule has 2 fully saturated rings. The summed E-state index contributed by atoms with van der Waals surface area (Å²) in [5.41, 5.74) is 2.61. The number of hydrogen-bond donors (Lipinski definition) is 2. The monoisotopic (exact) mass is 387 g/mol. The molecule has 1 aromatic carbocycles. The van der Waals surface area contributed by atoms with Gasteiger partial charge in [0.15, 0.2) is 5.96 Å². The molecule has 6 heteroatoms. The summed E-state index contributed by atoms with van der Waals surface area (Å²) in [5.74, 6) is 0.914. The van der Waals surface area contributed by atoms with Crippen LogP contribution in [0.4, 0.5) is 0 Å². The molecule has 2 aliphatic heterocycles. The predicted octanol–water partition coefficient (Wildman–Crippen LogP) is 2.06. The minimum atomic E-state index is 0.705. The summed E-state index contributed by atoms with van der Waals surface area (Å²) in [7, 11) is 0. The lowest BCUT2D eigenvalue weighted by atomic mass is 10.1. The zero-order valence-corrected chi connectivity index (χ0v) is 17.5. The summed E-state index contributed by atoms with van der Waals surface area (Å²) < 4.78 is 5.42. The average molecular weight is 388 g/mol. The fourth-order valence-corrected chi connectivity index (χ4v) is 3.80. The Bertz CT molecular complexity index is 577. The maximum Gasteiger partial charge on any atom is 0.191 e. The van der Waals surface area contributed by atoms with Gasteiger partial charge in [-0.15, -0.1) is 0 Å². The first-order valence-corrected chi connectivity index (χ1v) is 11.0. The minimum Gasteiger partial charge on any atom is -0.379 e. The van der Waals surface area contributed by atoms with E-state index in [4.69, 9.17) is 9.73 Å². The Hall–Kier alpha value is -1.63. The van der Waals surface area contributed by atoms with Gasteiger partial charge in [0.1, 0.15) is 0 Å². The van der Waals surface area contributed by atoms with E-state index in [1.54, 1.807) is 0 Å². The zero-order valence-electron chi connectivity index (χ0n) is 17.5. The van der Waals surface area contributed by atoms with E-state index in [9.17, 15) is 0 Å². The number of ether oxygens (including phenoxy) is 1. The van der Waals surface area contributed by atoms with Gasteiger partial charge in [-0.25, -0.2) is 4.99 Å². The standard InChI is InChI=1S/C22H37N5O/c1-2-23-22(24-10-13-26-11-4-3-5-12-26)25-18-20-6-8-21(9-7-20)19-27-14-16-28-17-15-27/h6-9H,2-5,10-19H2,1H3,(H2,23,24,25). The van der Waals surface area contributed by atoms with E-state index in [1.807, 2.05) is 0 Å². The number of rotatable bonds is 8. The highest BCUT2D eigenvalue weighted by Crippen LogP contribution is 2.10. The van der Waals surface area contributed by atoms with Crippen LogP contribution >= 0.6 is 0 Å². The van der Waals surface area contributed by atoms with Crippen molar-refractivity contribution >= 4 is 5.96 Å². The Labute approximate surface area is 170 Å². The van der Waals surface area contributed by atoms with Gasteiger partial charge in [-0.05, 0) is 44.0 Å². The van der Waals surface area contributed by atoms with Crippen LogP contribution in [0.3, 0.4) is 0 Å². The third-order valence-electron chi connectivity index (χ3n) is 5.47. The molecule has 0 spiro atoms. The predicted molar refractivity (Wildman–Crippen MR) is 116 cm³/mol. The first-order chi connectivity index (χ1) is 13.8. The van der Waals surface area contributed by atoms with E-state index in [1.165, 1.54) is 43.5 Å². The Morgan fingerprint density at radius 3 is 2.36 bits per heavy atom. The normalized spacial score (nSPS) is 19.5. The maximum absolute atomic E-state index is 5.42. The van der Waals surface area contributed by atoms with Crippen LogP contribution in [0.15, 0.2) is 29.3 Å². The first kappa shape index (κ1) is 21.1. The van der Waals surface area contributed by atoms with Crippen LogP contribution in [0.5, 0.6) is 0 Å².